The summed E-state index contributed by atoms with van der Waals surface area (Å²) in [5, 5.41) is 9.39. The predicted molar refractivity (Wildman–Crippen MR) is 82.3 cm³/mol. The third-order valence-corrected chi connectivity index (χ3v) is 3.62. The molecular formula is C15H9N3NaOS. The van der Waals surface area contributed by atoms with E-state index in [0.717, 1.165) is 11.7 Å². The van der Waals surface area contributed by atoms with Crippen LogP contribution < -0.4 is 0 Å². The quantitative estimate of drug-likeness (QED) is 0.551. The fourth-order valence-electron chi connectivity index (χ4n) is 2.10. The van der Waals surface area contributed by atoms with Crippen LogP contribution in [-0.2, 0) is 0 Å². The summed E-state index contributed by atoms with van der Waals surface area (Å²) in [6.45, 7) is 0. The summed E-state index contributed by atoms with van der Waals surface area (Å²) < 4.78 is 8.33. The third kappa shape index (κ3) is 3.04. The Kier molecular flexibility index (Phi) is 5.21. The van der Waals surface area contributed by atoms with Crippen molar-refractivity contribution in [2.45, 2.75) is 5.92 Å². The first-order valence-corrected chi connectivity index (χ1v) is 6.74. The zero-order chi connectivity index (χ0) is 13.9. The van der Waals surface area contributed by atoms with Crippen molar-refractivity contribution in [3.8, 4) is 6.07 Å². The fourth-order valence-corrected chi connectivity index (χ4v) is 2.66. The first-order chi connectivity index (χ1) is 9.81. The van der Waals surface area contributed by atoms with E-state index in [9.17, 15) is 10.1 Å². The number of hydrogen-bond donors (Lipinski definition) is 0. The number of nitrogens with zero attached hydrogens (tertiary/aromatic N) is 3. The van der Waals surface area contributed by atoms with Crippen molar-refractivity contribution in [2.75, 3.05) is 0 Å². The molecule has 1 heterocycles. The Morgan fingerprint density at radius 2 is 1.86 bits per heavy atom. The third-order valence-electron chi connectivity index (χ3n) is 3.08. The van der Waals surface area contributed by atoms with Gasteiger partial charge in [0.25, 0.3) is 0 Å². The molecule has 1 unspecified atom stereocenters. The molecule has 3 aromatic rings. The van der Waals surface area contributed by atoms with Gasteiger partial charge in [-0.1, -0.05) is 42.5 Å². The summed E-state index contributed by atoms with van der Waals surface area (Å²) in [4.78, 5) is 12.5. The summed E-state index contributed by atoms with van der Waals surface area (Å²) >= 11 is 1.08. The Morgan fingerprint density at radius 3 is 2.57 bits per heavy atom. The molecule has 0 N–H and O–H groups in total. The van der Waals surface area contributed by atoms with Gasteiger partial charge in [0.05, 0.1) is 17.8 Å². The number of nitriles is 1. The largest absolute Gasteiger partial charge is 0.292 e. The minimum Gasteiger partial charge on any atom is -0.292 e. The Balaban J connectivity index is 0.00000161. The molecule has 4 nitrogen and oxygen atoms in total. The second-order valence-corrected chi connectivity index (χ2v) is 4.80. The molecule has 0 saturated carbocycles. The van der Waals surface area contributed by atoms with Crippen molar-refractivity contribution in [1.82, 2.24) is 8.75 Å². The molecule has 0 amide bonds. The van der Waals surface area contributed by atoms with Crippen LogP contribution in [0.2, 0.25) is 0 Å². The maximum atomic E-state index is 12.5. The Morgan fingerprint density at radius 1 is 1.10 bits per heavy atom. The summed E-state index contributed by atoms with van der Waals surface area (Å²) in [6.07, 6.45) is 0. The predicted octanol–water partition coefficient (Wildman–Crippen LogP) is 2.80. The van der Waals surface area contributed by atoms with Crippen molar-refractivity contribution in [3.63, 3.8) is 0 Å². The number of carbonyl (C=O) groups excluding carboxylic acids is 1. The van der Waals surface area contributed by atoms with Crippen LogP contribution in [0.25, 0.3) is 11.0 Å². The normalized spacial score (nSPS) is 11.4. The molecule has 21 heavy (non-hydrogen) atoms. The topological polar surface area (TPSA) is 66.6 Å². The number of fused-ring (bicyclic) bond motifs is 1. The van der Waals surface area contributed by atoms with Gasteiger partial charge in [0.15, 0.2) is 5.78 Å². The molecule has 0 spiro atoms. The molecule has 6 heteroatoms. The van der Waals surface area contributed by atoms with Crippen LogP contribution in [0.5, 0.6) is 0 Å². The van der Waals surface area contributed by atoms with Crippen molar-refractivity contribution >= 4 is 58.1 Å². The molecule has 2 aromatic carbocycles. The van der Waals surface area contributed by atoms with E-state index in [1.807, 2.05) is 12.1 Å². The van der Waals surface area contributed by atoms with E-state index in [2.05, 4.69) is 14.8 Å². The van der Waals surface area contributed by atoms with Crippen LogP contribution in [0.1, 0.15) is 21.8 Å². The van der Waals surface area contributed by atoms with Gasteiger partial charge in [0.2, 0.25) is 0 Å². The standard InChI is InChI=1S/C15H9N3OS.Na/c16-9-12(15(19)10-5-2-1-3-6-10)11-7-4-8-13-14(11)18-20-17-13;/h1-8,12H;. The van der Waals surface area contributed by atoms with Gasteiger partial charge < -0.3 is 0 Å². The summed E-state index contributed by atoms with van der Waals surface area (Å²) in [5.74, 6) is -1.07. The van der Waals surface area contributed by atoms with Crippen LogP contribution in [0.4, 0.5) is 0 Å². The maximum Gasteiger partial charge on any atom is 0.184 e. The van der Waals surface area contributed by atoms with E-state index >= 15 is 0 Å². The number of ketones is 1. The number of carbonyl (C=O) groups is 1. The molecule has 1 radical (unpaired) electrons. The van der Waals surface area contributed by atoms with Crippen LogP contribution in [0.3, 0.4) is 0 Å². The molecular weight excluding hydrogens is 293 g/mol. The van der Waals surface area contributed by atoms with Crippen LogP contribution >= 0.6 is 11.7 Å². The average molecular weight is 302 g/mol. The molecule has 97 valence electrons. The number of aromatic nitrogens is 2. The second-order valence-electron chi connectivity index (χ2n) is 4.27. The first-order valence-electron chi connectivity index (χ1n) is 6.01. The molecule has 1 aromatic heterocycles. The molecule has 3 rings (SSSR count). The van der Waals surface area contributed by atoms with Gasteiger partial charge >= 0.3 is 0 Å². The second kappa shape index (κ2) is 6.92. The monoisotopic (exact) mass is 302 g/mol. The van der Waals surface area contributed by atoms with Crippen molar-refractivity contribution < 1.29 is 4.79 Å². The van der Waals surface area contributed by atoms with Gasteiger partial charge in [0, 0.05) is 40.7 Å². The Hall–Kier alpha value is -1.58. The van der Waals surface area contributed by atoms with Gasteiger partial charge in [-0.25, -0.2) is 0 Å². The van der Waals surface area contributed by atoms with Gasteiger partial charge in [-0.15, -0.1) is 0 Å². The van der Waals surface area contributed by atoms with E-state index in [1.165, 1.54) is 0 Å². The molecule has 1 atom stereocenters. The van der Waals surface area contributed by atoms with E-state index < -0.39 is 5.92 Å². The average Bonchev–Trinajstić information content (AvgIpc) is 2.98. The number of hydrogen-bond acceptors (Lipinski definition) is 5. The smallest absolute Gasteiger partial charge is 0.184 e. The number of rotatable bonds is 3. The summed E-state index contributed by atoms with van der Waals surface area (Å²) in [5.41, 5.74) is 2.49. The number of benzene rings is 2. The van der Waals surface area contributed by atoms with E-state index in [-0.39, 0.29) is 35.3 Å². The molecule has 0 bridgehead atoms. The zero-order valence-corrected chi connectivity index (χ0v) is 14.2. The minimum atomic E-state index is -0.856. The van der Waals surface area contributed by atoms with E-state index in [1.54, 1.807) is 36.4 Å². The SMILES string of the molecule is N#CC(C(=O)c1ccccc1)c1cccc2nsnc12.[Na]. The zero-order valence-electron chi connectivity index (χ0n) is 11.4. The van der Waals surface area contributed by atoms with Crippen LogP contribution in [0.15, 0.2) is 48.5 Å². The van der Waals surface area contributed by atoms with Gasteiger partial charge in [-0.2, -0.15) is 14.0 Å². The van der Waals surface area contributed by atoms with Crippen molar-refractivity contribution in [1.29, 1.82) is 5.26 Å². The number of Topliss-reactive ketones (excluding diaryl/α,β-unsaturated/α-hetero) is 1. The first kappa shape index (κ1) is 15.8. The van der Waals surface area contributed by atoms with E-state index in [4.69, 9.17) is 0 Å². The molecule has 0 aliphatic carbocycles. The van der Waals surface area contributed by atoms with Gasteiger partial charge in [-0.05, 0) is 6.07 Å². The fraction of sp³-hybridized carbons (Fsp3) is 0.0667. The van der Waals surface area contributed by atoms with Gasteiger partial charge in [-0.3, -0.25) is 4.79 Å². The van der Waals surface area contributed by atoms with E-state index in [0.29, 0.717) is 22.2 Å². The summed E-state index contributed by atoms with van der Waals surface area (Å²) in [7, 11) is 0. The molecule has 0 saturated heterocycles. The molecule has 0 aliphatic heterocycles. The minimum absolute atomic E-state index is 0. The maximum absolute atomic E-state index is 12.5. The molecule has 0 aliphatic rings. The van der Waals surface area contributed by atoms with Crippen LogP contribution in [-0.4, -0.2) is 44.1 Å². The van der Waals surface area contributed by atoms with Crippen molar-refractivity contribution in [2.24, 2.45) is 0 Å². The van der Waals surface area contributed by atoms with Crippen molar-refractivity contribution in [3.05, 3.63) is 59.7 Å². The Labute approximate surface area is 148 Å². The molecule has 0 fully saturated rings. The van der Waals surface area contributed by atoms with Crippen LogP contribution in [0, 0.1) is 11.3 Å². The van der Waals surface area contributed by atoms with Gasteiger partial charge in [0.1, 0.15) is 17.0 Å². The Bertz CT molecular complexity index is 810. The summed E-state index contributed by atoms with van der Waals surface area (Å²) in [6, 6.07) is 16.3.